The molecule has 2 N–H and O–H groups in total. The van der Waals surface area contributed by atoms with Crippen molar-refractivity contribution in [2.75, 3.05) is 25.5 Å². The minimum atomic E-state index is -0.232. The van der Waals surface area contributed by atoms with Crippen molar-refractivity contribution >= 4 is 23.0 Å². The van der Waals surface area contributed by atoms with Crippen LogP contribution in [-0.4, -0.2) is 31.6 Å². The zero-order valence-electron chi connectivity index (χ0n) is 14.6. The summed E-state index contributed by atoms with van der Waals surface area (Å²) in [5.74, 6) is 0.464. The number of guanidine groups is 1. The van der Waals surface area contributed by atoms with Gasteiger partial charge in [0.05, 0.1) is 18.8 Å². The normalized spacial score (nSPS) is 11.5. The molecule has 0 unspecified atom stereocenters. The first-order valence-corrected chi connectivity index (χ1v) is 8.70. The topological polar surface area (TPSA) is 52.6 Å². The molecule has 7 heteroatoms. The lowest BCUT2D eigenvalue weighted by Crippen LogP contribution is -2.36. The molecular formula is C17H24FN5S. The lowest BCUT2D eigenvalue weighted by Gasteiger charge is -2.14. The minimum absolute atomic E-state index is 0.232. The molecule has 1 heterocycles. The fraction of sp³-hybridized carbons (Fsp3) is 0.412. The third-order valence-electron chi connectivity index (χ3n) is 3.33. The molecule has 1 aromatic heterocycles. The summed E-state index contributed by atoms with van der Waals surface area (Å²) in [6, 6.07) is 5.21. The van der Waals surface area contributed by atoms with Gasteiger partial charge in [-0.25, -0.2) is 14.4 Å². The van der Waals surface area contributed by atoms with Gasteiger partial charge in [-0.1, -0.05) is 6.07 Å². The van der Waals surface area contributed by atoms with Gasteiger partial charge in [0.2, 0.25) is 0 Å². The quantitative estimate of drug-likeness (QED) is 0.622. The predicted molar refractivity (Wildman–Crippen MR) is 99.2 cm³/mol. The number of nitrogens with one attached hydrogen (secondary N) is 2. The first-order valence-electron chi connectivity index (χ1n) is 7.88. The molecule has 0 aliphatic heterocycles. The molecule has 0 aliphatic carbocycles. The highest BCUT2D eigenvalue weighted by Gasteiger charge is 2.06. The third kappa shape index (κ3) is 5.19. The van der Waals surface area contributed by atoms with Gasteiger partial charge in [0, 0.05) is 31.7 Å². The number of halogens is 1. The number of nitrogens with zero attached hydrogens (tertiary/aromatic N) is 3. The first-order chi connectivity index (χ1) is 11.5. The summed E-state index contributed by atoms with van der Waals surface area (Å²) in [5, 5.41) is 7.45. The van der Waals surface area contributed by atoms with Crippen LogP contribution in [0.15, 0.2) is 29.4 Å². The van der Waals surface area contributed by atoms with Crippen LogP contribution >= 0.6 is 11.3 Å². The average molecular weight is 349 g/mol. The van der Waals surface area contributed by atoms with Crippen LogP contribution in [0, 0.1) is 12.7 Å². The molecule has 0 radical (unpaired) electrons. The second kappa shape index (κ2) is 8.63. The monoisotopic (exact) mass is 349 g/mol. The van der Waals surface area contributed by atoms with Crippen molar-refractivity contribution in [3.8, 4) is 0 Å². The van der Waals surface area contributed by atoms with Gasteiger partial charge in [-0.15, -0.1) is 11.3 Å². The molecule has 24 heavy (non-hydrogen) atoms. The Morgan fingerprint density at radius 2 is 2.12 bits per heavy atom. The van der Waals surface area contributed by atoms with E-state index in [9.17, 15) is 4.39 Å². The van der Waals surface area contributed by atoms with Crippen LogP contribution in [0.1, 0.15) is 22.4 Å². The van der Waals surface area contributed by atoms with Crippen LogP contribution in [0.25, 0.3) is 0 Å². The van der Waals surface area contributed by atoms with Crippen LogP contribution in [0.2, 0.25) is 0 Å². The van der Waals surface area contributed by atoms with E-state index in [0.29, 0.717) is 24.7 Å². The number of aliphatic imine (C=N–C) groups is 1. The number of hydrogen-bond acceptors (Lipinski definition) is 4. The van der Waals surface area contributed by atoms with Crippen molar-refractivity contribution in [3.05, 3.63) is 45.7 Å². The van der Waals surface area contributed by atoms with Crippen molar-refractivity contribution in [2.45, 2.75) is 26.9 Å². The Hall–Kier alpha value is -2.15. The smallest absolute Gasteiger partial charge is 0.191 e. The van der Waals surface area contributed by atoms with Gasteiger partial charge in [-0.3, -0.25) is 0 Å². The van der Waals surface area contributed by atoms with Crippen molar-refractivity contribution in [1.82, 2.24) is 15.6 Å². The molecule has 2 aromatic rings. The van der Waals surface area contributed by atoms with Crippen LogP contribution in [-0.2, 0) is 13.1 Å². The molecule has 0 aliphatic rings. The number of anilines is 1. The molecule has 130 valence electrons. The Kier molecular flexibility index (Phi) is 6.54. The number of aryl methyl sites for hydroxylation is 1. The summed E-state index contributed by atoms with van der Waals surface area (Å²) in [5.41, 5.74) is 1.41. The van der Waals surface area contributed by atoms with Crippen LogP contribution in [0.3, 0.4) is 0 Å². The van der Waals surface area contributed by atoms with Gasteiger partial charge < -0.3 is 15.5 Å². The van der Waals surface area contributed by atoms with E-state index in [1.54, 1.807) is 22.3 Å². The SMILES string of the molecule is CCNC(=NCc1ccc(N(C)C)c(F)c1)NCc1ncc(C)s1. The molecule has 0 atom stereocenters. The molecule has 0 bridgehead atoms. The van der Waals surface area contributed by atoms with Gasteiger partial charge in [0.25, 0.3) is 0 Å². The van der Waals surface area contributed by atoms with Crippen LogP contribution < -0.4 is 15.5 Å². The summed E-state index contributed by atoms with van der Waals surface area (Å²) < 4.78 is 14.0. The Balaban J connectivity index is 2.00. The highest BCUT2D eigenvalue weighted by Crippen LogP contribution is 2.18. The van der Waals surface area contributed by atoms with Gasteiger partial charge in [0.1, 0.15) is 10.8 Å². The first kappa shape index (κ1) is 18.2. The van der Waals surface area contributed by atoms with Crippen molar-refractivity contribution < 1.29 is 4.39 Å². The van der Waals surface area contributed by atoms with Gasteiger partial charge in [-0.05, 0) is 31.5 Å². The van der Waals surface area contributed by atoms with E-state index < -0.39 is 0 Å². The van der Waals surface area contributed by atoms with Crippen LogP contribution in [0.5, 0.6) is 0 Å². The highest BCUT2D eigenvalue weighted by molar-refractivity contribution is 7.11. The summed E-state index contributed by atoms with van der Waals surface area (Å²) in [6.45, 7) is 5.84. The molecule has 0 saturated heterocycles. The maximum Gasteiger partial charge on any atom is 0.191 e. The Morgan fingerprint density at radius 3 is 2.71 bits per heavy atom. The maximum atomic E-state index is 14.0. The molecule has 2 rings (SSSR count). The number of thiazole rings is 1. The molecule has 0 saturated carbocycles. The van der Waals surface area contributed by atoms with E-state index in [1.165, 1.54) is 10.9 Å². The molecular weight excluding hydrogens is 325 g/mol. The summed E-state index contributed by atoms with van der Waals surface area (Å²) in [4.78, 5) is 11.8. The number of benzene rings is 1. The summed E-state index contributed by atoms with van der Waals surface area (Å²) in [6.07, 6.45) is 1.86. The van der Waals surface area contributed by atoms with E-state index in [2.05, 4.69) is 20.6 Å². The molecule has 0 fully saturated rings. The lowest BCUT2D eigenvalue weighted by molar-refractivity contribution is 0.624. The number of hydrogen-bond donors (Lipinski definition) is 2. The molecule has 0 spiro atoms. The van der Waals surface area contributed by atoms with E-state index in [4.69, 9.17) is 0 Å². The average Bonchev–Trinajstić information content (AvgIpc) is 2.95. The fourth-order valence-corrected chi connectivity index (χ4v) is 2.89. The Labute approximate surface area is 146 Å². The Morgan fingerprint density at radius 1 is 1.33 bits per heavy atom. The van der Waals surface area contributed by atoms with E-state index in [1.807, 2.05) is 40.2 Å². The highest BCUT2D eigenvalue weighted by atomic mass is 32.1. The van der Waals surface area contributed by atoms with Crippen molar-refractivity contribution in [2.24, 2.45) is 4.99 Å². The fourth-order valence-electron chi connectivity index (χ4n) is 2.17. The molecule has 5 nitrogen and oxygen atoms in total. The second-order valence-electron chi connectivity index (χ2n) is 5.59. The zero-order chi connectivity index (χ0) is 17.5. The third-order valence-corrected chi connectivity index (χ3v) is 4.25. The van der Waals surface area contributed by atoms with Gasteiger partial charge in [-0.2, -0.15) is 0 Å². The number of rotatable bonds is 6. The second-order valence-corrected chi connectivity index (χ2v) is 6.91. The van der Waals surface area contributed by atoms with Crippen molar-refractivity contribution in [3.63, 3.8) is 0 Å². The van der Waals surface area contributed by atoms with Gasteiger partial charge in [0.15, 0.2) is 5.96 Å². The van der Waals surface area contributed by atoms with E-state index in [-0.39, 0.29) is 5.82 Å². The van der Waals surface area contributed by atoms with Crippen LogP contribution in [0.4, 0.5) is 10.1 Å². The summed E-state index contributed by atoms with van der Waals surface area (Å²) in [7, 11) is 3.65. The molecule has 0 amide bonds. The predicted octanol–water partition coefficient (Wildman–Crippen LogP) is 2.91. The lowest BCUT2D eigenvalue weighted by atomic mass is 10.2. The zero-order valence-corrected chi connectivity index (χ0v) is 15.4. The van der Waals surface area contributed by atoms with Crippen molar-refractivity contribution in [1.29, 1.82) is 0 Å². The minimum Gasteiger partial charge on any atom is -0.375 e. The van der Waals surface area contributed by atoms with Gasteiger partial charge >= 0.3 is 0 Å². The largest absolute Gasteiger partial charge is 0.375 e. The summed E-state index contributed by atoms with van der Waals surface area (Å²) >= 11 is 1.66. The molecule has 1 aromatic carbocycles. The van der Waals surface area contributed by atoms with E-state index in [0.717, 1.165) is 17.1 Å². The maximum absolute atomic E-state index is 14.0. The Bertz CT molecular complexity index is 696. The number of aromatic nitrogens is 1. The van der Waals surface area contributed by atoms with E-state index >= 15 is 0 Å². The standard InChI is InChI=1S/C17H24FN5S/c1-5-19-17(22-11-16-20-9-12(2)24-16)21-10-13-6-7-15(23(3)4)14(18)8-13/h6-9H,5,10-11H2,1-4H3,(H2,19,21,22).